The lowest BCUT2D eigenvalue weighted by Gasteiger charge is -2.29. The lowest BCUT2D eigenvalue weighted by atomic mass is 9.97. The second-order valence-electron chi connectivity index (χ2n) is 6.97. The third-order valence-corrected chi connectivity index (χ3v) is 6.39. The van der Waals surface area contributed by atoms with E-state index >= 15 is 0 Å². The summed E-state index contributed by atoms with van der Waals surface area (Å²) in [6, 6.07) is 10.0. The molecule has 0 aromatic heterocycles. The highest BCUT2D eigenvalue weighted by Gasteiger charge is 2.26. The molecule has 2 aromatic rings. The third-order valence-electron chi connectivity index (χ3n) is 4.90. The van der Waals surface area contributed by atoms with Gasteiger partial charge in [0.25, 0.3) is 0 Å². The standard InChI is InChI=1S/C22H21ClFNO3S/c1-14-12-16(2-7-21(26)25-10-8-15(9-11-25)22(27)28)19(23)13-20(14)29-18-5-3-17(24)4-6-18/h2-7,12-13,15H,8-11H2,1H3,(H,27,28)/b7-2+. The van der Waals surface area contributed by atoms with Gasteiger partial charge in [0.1, 0.15) is 5.82 Å². The van der Waals surface area contributed by atoms with Crippen molar-refractivity contribution in [2.24, 2.45) is 5.92 Å². The first-order valence-electron chi connectivity index (χ1n) is 9.27. The van der Waals surface area contributed by atoms with Gasteiger partial charge in [0.15, 0.2) is 0 Å². The topological polar surface area (TPSA) is 57.6 Å². The molecule has 0 spiro atoms. The van der Waals surface area contributed by atoms with Crippen LogP contribution in [0.3, 0.4) is 0 Å². The van der Waals surface area contributed by atoms with E-state index in [1.807, 2.05) is 19.1 Å². The number of carboxylic acid groups (broad SMARTS) is 1. The van der Waals surface area contributed by atoms with Crippen LogP contribution in [-0.4, -0.2) is 35.0 Å². The van der Waals surface area contributed by atoms with Gasteiger partial charge >= 0.3 is 5.97 Å². The number of aliphatic carboxylic acids is 1. The lowest BCUT2D eigenvalue weighted by molar-refractivity contribution is -0.144. The van der Waals surface area contributed by atoms with E-state index in [0.717, 1.165) is 20.9 Å². The van der Waals surface area contributed by atoms with Crippen molar-refractivity contribution in [2.45, 2.75) is 29.6 Å². The van der Waals surface area contributed by atoms with E-state index in [2.05, 4.69) is 0 Å². The van der Waals surface area contributed by atoms with Crippen molar-refractivity contribution in [3.63, 3.8) is 0 Å². The molecule has 0 atom stereocenters. The zero-order valence-electron chi connectivity index (χ0n) is 15.9. The number of likely N-dealkylation sites (tertiary alicyclic amines) is 1. The number of halogens is 2. The molecule has 3 rings (SSSR count). The fourth-order valence-electron chi connectivity index (χ4n) is 3.17. The molecule has 1 saturated heterocycles. The number of hydrogen-bond acceptors (Lipinski definition) is 3. The summed E-state index contributed by atoms with van der Waals surface area (Å²) < 4.78 is 13.1. The van der Waals surface area contributed by atoms with E-state index in [0.29, 0.717) is 31.0 Å². The van der Waals surface area contributed by atoms with Crippen LogP contribution in [0.25, 0.3) is 6.08 Å². The maximum absolute atomic E-state index is 13.1. The maximum Gasteiger partial charge on any atom is 0.306 e. The van der Waals surface area contributed by atoms with Crippen LogP contribution in [0.2, 0.25) is 5.02 Å². The molecule has 1 fully saturated rings. The van der Waals surface area contributed by atoms with Crippen LogP contribution in [0.5, 0.6) is 0 Å². The minimum Gasteiger partial charge on any atom is -0.481 e. The molecule has 4 nitrogen and oxygen atoms in total. The number of benzene rings is 2. The lowest BCUT2D eigenvalue weighted by Crippen LogP contribution is -2.39. The zero-order chi connectivity index (χ0) is 21.0. The van der Waals surface area contributed by atoms with E-state index in [-0.39, 0.29) is 17.6 Å². The molecule has 1 aliphatic heterocycles. The monoisotopic (exact) mass is 433 g/mol. The van der Waals surface area contributed by atoms with Crippen molar-refractivity contribution in [1.29, 1.82) is 0 Å². The Balaban J connectivity index is 1.66. The average Bonchev–Trinajstić information content (AvgIpc) is 2.71. The molecule has 0 unspecified atom stereocenters. The van der Waals surface area contributed by atoms with Crippen molar-refractivity contribution in [3.05, 3.63) is 64.4 Å². The Morgan fingerprint density at radius 2 is 1.86 bits per heavy atom. The highest BCUT2D eigenvalue weighted by Crippen LogP contribution is 2.34. The number of rotatable bonds is 5. The number of nitrogens with zero attached hydrogens (tertiary/aromatic N) is 1. The molecule has 1 amide bonds. The Morgan fingerprint density at radius 1 is 1.21 bits per heavy atom. The van der Waals surface area contributed by atoms with Gasteiger partial charge in [0, 0.05) is 34.0 Å². The van der Waals surface area contributed by atoms with Crippen LogP contribution in [-0.2, 0) is 9.59 Å². The summed E-state index contributed by atoms with van der Waals surface area (Å²) in [5.41, 5.74) is 1.74. The van der Waals surface area contributed by atoms with Gasteiger partial charge in [0.05, 0.1) is 5.92 Å². The molecule has 0 aliphatic carbocycles. The molecule has 2 aromatic carbocycles. The van der Waals surface area contributed by atoms with E-state index < -0.39 is 5.97 Å². The Labute approximate surface area is 178 Å². The van der Waals surface area contributed by atoms with Crippen LogP contribution >= 0.6 is 23.4 Å². The second-order valence-corrected chi connectivity index (χ2v) is 8.49. The van der Waals surface area contributed by atoms with Gasteiger partial charge < -0.3 is 10.0 Å². The molecule has 1 aliphatic rings. The van der Waals surface area contributed by atoms with Gasteiger partial charge in [-0.2, -0.15) is 0 Å². The van der Waals surface area contributed by atoms with E-state index in [1.165, 1.54) is 30.0 Å². The van der Waals surface area contributed by atoms with Gasteiger partial charge in [-0.1, -0.05) is 23.4 Å². The molecule has 1 heterocycles. The average molecular weight is 434 g/mol. The molecule has 7 heteroatoms. The Bertz CT molecular complexity index is 938. The quantitative estimate of drug-likeness (QED) is 0.652. The van der Waals surface area contributed by atoms with Crippen LogP contribution in [0.15, 0.2) is 52.3 Å². The number of aryl methyl sites for hydroxylation is 1. The van der Waals surface area contributed by atoms with Gasteiger partial charge in [-0.3, -0.25) is 9.59 Å². The fraction of sp³-hybridized carbons (Fsp3) is 0.273. The molecule has 29 heavy (non-hydrogen) atoms. The molecule has 0 bridgehead atoms. The van der Waals surface area contributed by atoms with Crippen LogP contribution in [0, 0.1) is 18.7 Å². The first-order chi connectivity index (χ1) is 13.8. The van der Waals surface area contributed by atoms with Gasteiger partial charge in [-0.15, -0.1) is 0 Å². The number of carboxylic acids is 1. The van der Waals surface area contributed by atoms with E-state index in [1.54, 1.807) is 23.1 Å². The Hall–Kier alpha value is -2.31. The highest BCUT2D eigenvalue weighted by molar-refractivity contribution is 7.99. The molecular weight excluding hydrogens is 413 g/mol. The van der Waals surface area contributed by atoms with Gasteiger partial charge in [-0.05, 0) is 73.4 Å². The summed E-state index contributed by atoms with van der Waals surface area (Å²) in [7, 11) is 0. The summed E-state index contributed by atoms with van der Waals surface area (Å²) >= 11 is 7.90. The summed E-state index contributed by atoms with van der Waals surface area (Å²) in [5, 5.41) is 9.57. The van der Waals surface area contributed by atoms with Crippen molar-refractivity contribution in [1.82, 2.24) is 4.90 Å². The first-order valence-corrected chi connectivity index (χ1v) is 10.5. The summed E-state index contributed by atoms with van der Waals surface area (Å²) in [4.78, 5) is 26.9. The van der Waals surface area contributed by atoms with Crippen molar-refractivity contribution in [2.75, 3.05) is 13.1 Å². The molecule has 152 valence electrons. The number of carbonyl (C=O) groups excluding carboxylic acids is 1. The second kappa shape index (κ2) is 9.46. The summed E-state index contributed by atoms with van der Waals surface area (Å²) in [5.74, 6) is -1.59. The van der Waals surface area contributed by atoms with Crippen molar-refractivity contribution in [3.8, 4) is 0 Å². The van der Waals surface area contributed by atoms with E-state index in [4.69, 9.17) is 16.7 Å². The molecule has 0 saturated carbocycles. The van der Waals surface area contributed by atoms with Crippen LogP contribution in [0.1, 0.15) is 24.0 Å². The molecule has 1 N–H and O–H groups in total. The minimum atomic E-state index is -0.798. The van der Waals surface area contributed by atoms with Crippen LogP contribution < -0.4 is 0 Å². The zero-order valence-corrected chi connectivity index (χ0v) is 17.5. The molecule has 0 radical (unpaired) electrons. The Morgan fingerprint density at radius 3 is 2.48 bits per heavy atom. The number of carbonyl (C=O) groups is 2. The smallest absolute Gasteiger partial charge is 0.306 e. The Kier molecular flexibility index (Phi) is 6.98. The largest absolute Gasteiger partial charge is 0.481 e. The predicted octanol–water partition coefficient (Wildman–Crippen LogP) is 5.28. The molecular formula is C22H21ClFNO3S. The minimum absolute atomic E-state index is 0.146. The number of amides is 1. The number of hydrogen-bond donors (Lipinski definition) is 1. The van der Waals surface area contributed by atoms with Gasteiger partial charge in [-0.25, -0.2) is 4.39 Å². The van der Waals surface area contributed by atoms with E-state index in [9.17, 15) is 14.0 Å². The maximum atomic E-state index is 13.1. The van der Waals surface area contributed by atoms with Gasteiger partial charge in [0.2, 0.25) is 5.91 Å². The van der Waals surface area contributed by atoms with Crippen molar-refractivity contribution >= 4 is 41.3 Å². The SMILES string of the molecule is Cc1cc(/C=C/C(=O)N2CCC(C(=O)O)CC2)c(Cl)cc1Sc1ccc(F)cc1. The van der Waals surface area contributed by atoms with Crippen molar-refractivity contribution < 1.29 is 19.1 Å². The summed E-state index contributed by atoms with van der Waals surface area (Å²) in [6.07, 6.45) is 4.12. The number of piperidine rings is 1. The third kappa shape index (κ3) is 5.61. The first kappa shape index (κ1) is 21.4. The highest BCUT2D eigenvalue weighted by atomic mass is 35.5. The van der Waals surface area contributed by atoms with Crippen LogP contribution in [0.4, 0.5) is 4.39 Å². The fourth-order valence-corrected chi connectivity index (χ4v) is 4.38. The summed E-state index contributed by atoms with van der Waals surface area (Å²) in [6.45, 7) is 2.85. The predicted molar refractivity (Wildman–Crippen MR) is 113 cm³/mol. The normalized spacial score (nSPS) is 15.1.